The Morgan fingerprint density at radius 2 is 1.83 bits per heavy atom. The zero-order valence-corrected chi connectivity index (χ0v) is 10.0. The molecule has 1 N–H and O–H groups in total. The first-order valence-corrected chi connectivity index (χ1v) is 5.68. The summed E-state index contributed by atoms with van der Waals surface area (Å²) >= 11 is 0. The maximum absolute atomic E-state index is 12.9. The summed E-state index contributed by atoms with van der Waals surface area (Å²) in [5.41, 5.74) is 0.359. The van der Waals surface area contributed by atoms with E-state index in [1.54, 1.807) is 6.08 Å². The van der Waals surface area contributed by atoms with Crippen molar-refractivity contribution in [3.63, 3.8) is 0 Å². The van der Waals surface area contributed by atoms with Gasteiger partial charge in [0.15, 0.2) is 17.5 Å². The van der Waals surface area contributed by atoms with Crippen molar-refractivity contribution in [2.75, 3.05) is 19.8 Å². The smallest absolute Gasteiger partial charge is 0.194 e. The first-order chi connectivity index (χ1) is 8.65. The molecule has 0 aliphatic heterocycles. The molecule has 0 saturated carbocycles. The molecule has 0 aromatic heterocycles. The molecule has 0 saturated heterocycles. The third kappa shape index (κ3) is 4.89. The molecule has 0 fully saturated rings. The second-order valence-electron chi connectivity index (χ2n) is 3.74. The molecule has 0 heterocycles. The van der Waals surface area contributed by atoms with E-state index in [0.29, 0.717) is 25.3 Å². The minimum atomic E-state index is -1.44. The highest BCUT2D eigenvalue weighted by atomic mass is 19.2. The van der Waals surface area contributed by atoms with Gasteiger partial charge in [0, 0.05) is 13.1 Å². The van der Waals surface area contributed by atoms with Crippen LogP contribution >= 0.6 is 0 Å². The number of rotatable bonds is 8. The van der Waals surface area contributed by atoms with Crippen LogP contribution in [0.25, 0.3) is 0 Å². The van der Waals surface area contributed by atoms with Crippen LogP contribution in [0.2, 0.25) is 0 Å². The Balaban J connectivity index is 2.25. The molecule has 0 aliphatic carbocycles. The summed E-state index contributed by atoms with van der Waals surface area (Å²) in [6.07, 6.45) is 2.55. The van der Waals surface area contributed by atoms with Gasteiger partial charge in [-0.3, -0.25) is 0 Å². The minimum absolute atomic E-state index is 0.263. The zero-order chi connectivity index (χ0) is 13.4. The second kappa shape index (κ2) is 7.89. The molecule has 1 aromatic carbocycles. The van der Waals surface area contributed by atoms with Gasteiger partial charge in [0.2, 0.25) is 0 Å². The summed E-state index contributed by atoms with van der Waals surface area (Å²) in [6, 6.07) is 1.95. The molecule has 0 bridgehead atoms. The van der Waals surface area contributed by atoms with E-state index in [0.717, 1.165) is 18.6 Å². The molecule has 0 spiro atoms. The van der Waals surface area contributed by atoms with Crippen LogP contribution in [0.5, 0.6) is 0 Å². The van der Waals surface area contributed by atoms with E-state index in [9.17, 15) is 13.2 Å². The van der Waals surface area contributed by atoms with E-state index in [-0.39, 0.29) is 6.54 Å². The van der Waals surface area contributed by atoms with Crippen LogP contribution in [0.3, 0.4) is 0 Å². The van der Waals surface area contributed by atoms with E-state index in [4.69, 9.17) is 4.74 Å². The Morgan fingerprint density at radius 3 is 2.44 bits per heavy atom. The molecular formula is C13H16F3NO. The molecule has 0 unspecified atom stereocenters. The molecule has 0 radical (unpaired) electrons. The molecular weight excluding hydrogens is 243 g/mol. The highest BCUT2D eigenvalue weighted by Gasteiger charge is 2.09. The van der Waals surface area contributed by atoms with Crippen LogP contribution in [0.4, 0.5) is 13.2 Å². The van der Waals surface area contributed by atoms with Gasteiger partial charge in [-0.25, -0.2) is 13.2 Å². The van der Waals surface area contributed by atoms with Crippen LogP contribution in [-0.2, 0) is 11.3 Å². The van der Waals surface area contributed by atoms with Crippen molar-refractivity contribution in [2.45, 2.75) is 13.0 Å². The van der Waals surface area contributed by atoms with Gasteiger partial charge in [-0.05, 0) is 24.1 Å². The van der Waals surface area contributed by atoms with Crippen LogP contribution in [0.15, 0.2) is 24.8 Å². The maximum Gasteiger partial charge on any atom is 0.194 e. The third-order valence-corrected chi connectivity index (χ3v) is 2.26. The lowest BCUT2D eigenvalue weighted by atomic mass is 10.2. The highest BCUT2D eigenvalue weighted by molar-refractivity contribution is 5.19. The van der Waals surface area contributed by atoms with Crippen molar-refractivity contribution in [1.29, 1.82) is 0 Å². The normalized spacial score (nSPS) is 10.6. The van der Waals surface area contributed by atoms with Crippen molar-refractivity contribution >= 4 is 0 Å². The van der Waals surface area contributed by atoms with E-state index in [1.807, 2.05) is 0 Å². The maximum atomic E-state index is 12.9. The van der Waals surface area contributed by atoms with Gasteiger partial charge in [0.05, 0.1) is 13.2 Å². The Labute approximate surface area is 104 Å². The number of hydrogen-bond donors (Lipinski definition) is 1. The Hall–Kier alpha value is -1.33. The molecule has 0 atom stereocenters. The van der Waals surface area contributed by atoms with Gasteiger partial charge in [0.1, 0.15) is 0 Å². The quantitative estimate of drug-likeness (QED) is 0.440. The molecule has 5 heteroatoms. The number of ether oxygens (including phenoxy) is 1. The van der Waals surface area contributed by atoms with Crippen molar-refractivity contribution in [3.8, 4) is 0 Å². The first kappa shape index (κ1) is 14.7. The lowest BCUT2D eigenvalue weighted by molar-refractivity contribution is 0.140. The van der Waals surface area contributed by atoms with E-state index < -0.39 is 17.5 Å². The standard InChI is InChI=1S/C13H16F3NO/c1-2-3-5-18-6-4-17-9-10-7-11(14)13(16)12(15)8-10/h2,7-8,17H,1,3-6,9H2. The molecule has 0 aliphatic rings. The fraction of sp³-hybridized carbons (Fsp3) is 0.385. The monoisotopic (exact) mass is 259 g/mol. The molecule has 1 rings (SSSR count). The van der Waals surface area contributed by atoms with Crippen molar-refractivity contribution in [1.82, 2.24) is 5.32 Å². The molecule has 1 aromatic rings. The number of benzene rings is 1. The number of hydrogen-bond acceptors (Lipinski definition) is 2. The van der Waals surface area contributed by atoms with Gasteiger partial charge in [0.25, 0.3) is 0 Å². The number of halogens is 3. The van der Waals surface area contributed by atoms with Gasteiger partial charge in [-0.2, -0.15) is 0 Å². The molecule has 0 amide bonds. The predicted molar refractivity (Wildman–Crippen MR) is 63.7 cm³/mol. The van der Waals surface area contributed by atoms with E-state index >= 15 is 0 Å². The van der Waals surface area contributed by atoms with Crippen molar-refractivity contribution in [3.05, 3.63) is 47.8 Å². The summed E-state index contributed by atoms with van der Waals surface area (Å²) in [6.45, 7) is 5.48. The van der Waals surface area contributed by atoms with Crippen LogP contribution in [-0.4, -0.2) is 19.8 Å². The average Bonchev–Trinajstić information content (AvgIpc) is 2.34. The summed E-state index contributed by atoms with van der Waals surface area (Å²) in [5, 5.41) is 2.95. The summed E-state index contributed by atoms with van der Waals surface area (Å²) < 4.78 is 43.7. The Bertz CT molecular complexity index is 373. The topological polar surface area (TPSA) is 21.3 Å². The predicted octanol–water partition coefficient (Wildman–Crippen LogP) is 2.79. The minimum Gasteiger partial charge on any atom is -0.380 e. The van der Waals surface area contributed by atoms with Crippen molar-refractivity contribution < 1.29 is 17.9 Å². The summed E-state index contributed by atoms with van der Waals surface area (Å²) in [5.74, 6) is -3.78. The summed E-state index contributed by atoms with van der Waals surface area (Å²) in [4.78, 5) is 0. The lowest BCUT2D eigenvalue weighted by Gasteiger charge is -2.06. The third-order valence-electron chi connectivity index (χ3n) is 2.26. The SMILES string of the molecule is C=CCCOCCNCc1cc(F)c(F)c(F)c1. The Morgan fingerprint density at radius 1 is 1.17 bits per heavy atom. The largest absolute Gasteiger partial charge is 0.380 e. The fourth-order valence-electron chi connectivity index (χ4n) is 1.36. The fourth-order valence-corrected chi connectivity index (χ4v) is 1.36. The highest BCUT2D eigenvalue weighted by Crippen LogP contribution is 2.13. The molecule has 18 heavy (non-hydrogen) atoms. The van der Waals surface area contributed by atoms with Gasteiger partial charge in [-0.1, -0.05) is 6.08 Å². The average molecular weight is 259 g/mol. The first-order valence-electron chi connectivity index (χ1n) is 5.68. The van der Waals surface area contributed by atoms with Crippen molar-refractivity contribution in [2.24, 2.45) is 0 Å². The van der Waals surface area contributed by atoms with Gasteiger partial charge >= 0.3 is 0 Å². The van der Waals surface area contributed by atoms with Crippen LogP contribution in [0, 0.1) is 17.5 Å². The zero-order valence-electron chi connectivity index (χ0n) is 10.0. The second-order valence-corrected chi connectivity index (χ2v) is 3.74. The number of nitrogens with one attached hydrogen (secondary N) is 1. The summed E-state index contributed by atoms with van der Waals surface area (Å²) in [7, 11) is 0. The van der Waals surface area contributed by atoms with Gasteiger partial charge in [-0.15, -0.1) is 6.58 Å². The van der Waals surface area contributed by atoms with Crippen LogP contribution in [0.1, 0.15) is 12.0 Å². The molecule has 2 nitrogen and oxygen atoms in total. The lowest BCUT2D eigenvalue weighted by Crippen LogP contribution is -2.19. The van der Waals surface area contributed by atoms with Gasteiger partial charge < -0.3 is 10.1 Å². The Kier molecular flexibility index (Phi) is 6.46. The van der Waals surface area contributed by atoms with E-state index in [2.05, 4.69) is 11.9 Å². The van der Waals surface area contributed by atoms with Crippen LogP contribution < -0.4 is 5.32 Å². The molecule has 100 valence electrons. The van der Waals surface area contributed by atoms with E-state index in [1.165, 1.54) is 0 Å².